The van der Waals surface area contributed by atoms with Crippen LogP contribution in [0.15, 0.2) is 48.7 Å². The maximum absolute atomic E-state index is 13.0. The van der Waals surface area contributed by atoms with E-state index in [0.717, 1.165) is 29.0 Å². The van der Waals surface area contributed by atoms with Crippen LogP contribution >= 0.6 is 22.9 Å². The van der Waals surface area contributed by atoms with Crippen molar-refractivity contribution < 1.29 is 23.1 Å². The lowest BCUT2D eigenvalue weighted by atomic mass is 10.0. The van der Waals surface area contributed by atoms with Crippen LogP contribution in [0.4, 0.5) is 13.2 Å². The summed E-state index contributed by atoms with van der Waals surface area (Å²) >= 11 is 7.11. The van der Waals surface area contributed by atoms with Gasteiger partial charge in [0.05, 0.1) is 27.9 Å². The van der Waals surface area contributed by atoms with Gasteiger partial charge in [0, 0.05) is 29.4 Å². The molecule has 0 spiro atoms. The number of nitrogens with zero attached hydrogens (tertiary/aromatic N) is 3. The third kappa shape index (κ3) is 4.68. The molecule has 2 aromatic carbocycles. The molecular formula is C22H15ClF3N3O2S. The Bertz CT molecular complexity index is 1340. The second-order valence-corrected chi connectivity index (χ2v) is 8.52. The van der Waals surface area contributed by atoms with Gasteiger partial charge in [-0.05, 0) is 42.0 Å². The number of aryl methyl sites for hydroxylation is 1. The number of hydrogen-bond acceptors (Lipinski definition) is 4. The summed E-state index contributed by atoms with van der Waals surface area (Å²) in [5, 5.41) is 14.8. The largest absolute Gasteiger partial charge is 0.481 e. The number of hydrogen-bond donors (Lipinski definition) is 1. The molecule has 5 nitrogen and oxygen atoms in total. The number of alkyl halides is 3. The van der Waals surface area contributed by atoms with Crippen molar-refractivity contribution in [1.82, 2.24) is 14.8 Å². The quantitative estimate of drug-likeness (QED) is 0.362. The topological polar surface area (TPSA) is 68.0 Å². The summed E-state index contributed by atoms with van der Waals surface area (Å²) in [6.07, 6.45) is -1.43. The van der Waals surface area contributed by atoms with E-state index in [2.05, 4.69) is 10.1 Å². The molecule has 0 atom stereocenters. The van der Waals surface area contributed by atoms with Crippen LogP contribution in [0.2, 0.25) is 5.02 Å². The van der Waals surface area contributed by atoms with Crippen LogP contribution in [0.1, 0.15) is 22.6 Å². The Morgan fingerprint density at radius 3 is 2.59 bits per heavy atom. The molecule has 10 heteroatoms. The maximum Gasteiger partial charge on any atom is 0.416 e. The summed E-state index contributed by atoms with van der Waals surface area (Å²) in [7, 11) is 1.74. The normalized spacial score (nSPS) is 12.5. The van der Waals surface area contributed by atoms with Crippen molar-refractivity contribution in [2.75, 3.05) is 0 Å². The van der Waals surface area contributed by atoms with Gasteiger partial charge in [-0.2, -0.15) is 18.3 Å². The fourth-order valence-corrected chi connectivity index (χ4v) is 4.31. The minimum atomic E-state index is -4.49. The van der Waals surface area contributed by atoms with Crippen LogP contribution in [0.5, 0.6) is 0 Å². The van der Waals surface area contributed by atoms with Crippen molar-refractivity contribution in [2.45, 2.75) is 12.6 Å². The minimum absolute atomic E-state index is 0.167. The predicted molar refractivity (Wildman–Crippen MR) is 118 cm³/mol. The molecule has 164 valence electrons. The van der Waals surface area contributed by atoms with Crippen molar-refractivity contribution in [2.24, 2.45) is 7.05 Å². The van der Waals surface area contributed by atoms with Crippen LogP contribution in [-0.4, -0.2) is 25.8 Å². The lowest BCUT2D eigenvalue weighted by molar-refractivity contribution is -0.137. The number of aliphatic carboxylic acids is 1. The van der Waals surface area contributed by atoms with E-state index in [1.807, 2.05) is 0 Å². The molecule has 0 aliphatic rings. The first-order valence-electron chi connectivity index (χ1n) is 9.30. The first-order valence-corrected chi connectivity index (χ1v) is 10.5. The molecule has 0 amide bonds. The number of benzene rings is 2. The number of rotatable bonds is 5. The zero-order chi connectivity index (χ0) is 23.0. The summed E-state index contributed by atoms with van der Waals surface area (Å²) in [5.41, 5.74) is 1.79. The van der Waals surface area contributed by atoms with Gasteiger partial charge < -0.3 is 5.11 Å². The molecule has 4 aromatic rings. The van der Waals surface area contributed by atoms with Crippen molar-refractivity contribution >= 4 is 50.8 Å². The van der Waals surface area contributed by atoms with Crippen LogP contribution in [0.3, 0.4) is 0 Å². The van der Waals surface area contributed by atoms with Gasteiger partial charge in [0.1, 0.15) is 5.01 Å². The van der Waals surface area contributed by atoms with Gasteiger partial charge in [0.2, 0.25) is 0 Å². The van der Waals surface area contributed by atoms with E-state index in [0.29, 0.717) is 31.6 Å². The second-order valence-electron chi connectivity index (χ2n) is 7.05. The van der Waals surface area contributed by atoms with Crippen LogP contribution in [0.25, 0.3) is 33.1 Å². The first kappa shape index (κ1) is 22.0. The lowest BCUT2D eigenvalue weighted by Crippen LogP contribution is -2.03. The average molecular weight is 478 g/mol. The SMILES string of the molecule is Cn1cc(/C=C(\CC(=O)O)c2nc3cc(C(F)(F)F)ccc3s2)c(-c2ccc(Cl)cc2)n1. The summed E-state index contributed by atoms with van der Waals surface area (Å²) in [4.78, 5) is 15.8. The van der Waals surface area contributed by atoms with Crippen LogP contribution < -0.4 is 0 Å². The molecule has 0 radical (unpaired) electrons. The van der Waals surface area contributed by atoms with Crippen LogP contribution in [0, 0.1) is 0 Å². The van der Waals surface area contributed by atoms with E-state index in [1.165, 1.54) is 6.07 Å². The third-order valence-corrected chi connectivity index (χ3v) is 6.00. The zero-order valence-electron chi connectivity index (χ0n) is 16.5. The predicted octanol–water partition coefficient (Wildman–Crippen LogP) is 6.38. The van der Waals surface area contributed by atoms with Crippen molar-refractivity contribution in [1.29, 1.82) is 0 Å². The molecule has 2 heterocycles. The zero-order valence-corrected chi connectivity index (χ0v) is 18.1. The Hall–Kier alpha value is -3.17. The van der Waals surface area contributed by atoms with Gasteiger partial charge in [-0.1, -0.05) is 23.7 Å². The molecule has 32 heavy (non-hydrogen) atoms. The average Bonchev–Trinajstić information content (AvgIpc) is 3.29. The number of aromatic nitrogens is 3. The summed E-state index contributed by atoms with van der Waals surface area (Å²) in [6.45, 7) is 0. The molecule has 0 saturated heterocycles. The third-order valence-electron chi connectivity index (χ3n) is 4.64. The van der Waals surface area contributed by atoms with Crippen molar-refractivity contribution in [3.05, 3.63) is 69.8 Å². The molecule has 2 aromatic heterocycles. The Labute approximate surface area is 189 Å². The van der Waals surface area contributed by atoms with Crippen molar-refractivity contribution in [3.63, 3.8) is 0 Å². The fraction of sp³-hybridized carbons (Fsp3) is 0.136. The number of carboxylic acids is 1. The van der Waals surface area contributed by atoms with Gasteiger partial charge >= 0.3 is 12.1 Å². The number of carboxylic acid groups (broad SMARTS) is 1. The van der Waals surface area contributed by atoms with Crippen LogP contribution in [-0.2, 0) is 18.0 Å². The van der Waals surface area contributed by atoms with E-state index in [4.69, 9.17) is 11.6 Å². The highest BCUT2D eigenvalue weighted by atomic mass is 35.5. The second kappa shape index (κ2) is 8.40. The standard InChI is InChI=1S/C22H15ClF3N3O2S/c1-29-11-14(20(28-29)12-2-5-16(23)6-3-12)8-13(9-19(30)31)21-27-17-10-15(22(24,25)26)4-7-18(17)32-21/h2-8,10-11H,9H2,1H3,(H,30,31)/b13-8+. The van der Waals surface area contributed by atoms with Gasteiger partial charge in [0.25, 0.3) is 0 Å². The first-order chi connectivity index (χ1) is 15.1. The molecule has 0 saturated carbocycles. The van der Waals surface area contributed by atoms with Gasteiger partial charge in [-0.15, -0.1) is 11.3 Å². The monoisotopic (exact) mass is 477 g/mol. The van der Waals surface area contributed by atoms with E-state index >= 15 is 0 Å². The molecular weight excluding hydrogens is 463 g/mol. The molecule has 0 fully saturated rings. The highest BCUT2D eigenvalue weighted by Crippen LogP contribution is 2.36. The Morgan fingerprint density at radius 2 is 1.94 bits per heavy atom. The minimum Gasteiger partial charge on any atom is -0.481 e. The number of thiazole rings is 1. The summed E-state index contributed by atoms with van der Waals surface area (Å²) in [5.74, 6) is -1.08. The van der Waals surface area contributed by atoms with E-state index in [1.54, 1.807) is 48.3 Å². The van der Waals surface area contributed by atoms with Gasteiger partial charge in [-0.3, -0.25) is 9.48 Å². The summed E-state index contributed by atoms with van der Waals surface area (Å²) < 4.78 is 41.3. The molecule has 0 unspecified atom stereocenters. The smallest absolute Gasteiger partial charge is 0.416 e. The van der Waals surface area contributed by atoms with Gasteiger partial charge in [-0.25, -0.2) is 4.98 Å². The maximum atomic E-state index is 13.0. The van der Waals surface area contributed by atoms with Crippen molar-refractivity contribution in [3.8, 4) is 11.3 Å². The molecule has 0 aliphatic heterocycles. The number of halogens is 4. The van der Waals surface area contributed by atoms with E-state index in [-0.39, 0.29) is 11.9 Å². The molecule has 4 rings (SSSR count). The fourth-order valence-electron chi connectivity index (χ4n) is 3.22. The Balaban J connectivity index is 1.82. The van der Waals surface area contributed by atoms with E-state index in [9.17, 15) is 23.1 Å². The number of fused-ring (bicyclic) bond motifs is 1. The molecule has 1 N–H and O–H groups in total. The molecule has 0 aliphatic carbocycles. The Kier molecular flexibility index (Phi) is 5.79. The number of carbonyl (C=O) groups is 1. The lowest BCUT2D eigenvalue weighted by Gasteiger charge is -2.04. The highest BCUT2D eigenvalue weighted by molar-refractivity contribution is 7.19. The van der Waals surface area contributed by atoms with Gasteiger partial charge in [0.15, 0.2) is 0 Å². The Morgan fingerprint density at radius 1 is 1.22 bits per heavy atom. The highest BCUT2D eigenvalue weighted by Gasteiger charge is 2.31. The van der Waals surface area contributed by atoms with E-state index < -0.39 is 17.7 Å². The summed E-state index contributed by atoms with van der Waals surface area (Å²) in [6, 6.07) is 10.4. The molecule has 0 bridgehead atoms.